The lowest BCUT2D eigenvalue weighted by Gasteiger charge is -2.34. The Balaban J connectivity index is 1.66. The summed E-state index contributed by atoms with van der Waals surface area (Å²) in [6.45, 7) is 7.55. The second-order valence-corrected chi connectivity index (χ2v) is 7.41. The molecule has 1 heterocycles. The molecule has 2 rings (SSSR count). The van der Waals surface area contributed by atoms with Crippen LogP contribution in [0.4, 0.5) is 0 Å². The maximum Gasteiger partial charge on any atom is 0.169 e. The van der Waals surface area contributed by atoms with E-state index in [4.69, 9.17) is 23.8 Å². The Kier molecular flexibility index (Phi) is 7.56. The van der Waals surface area contributed by atoms with Gasteiger partial charge in [0.05, 0.1) is 46.8 Å². The van der Waals surface area contributed by atoms with E-state index in [0.29, 0.717) is 0 Å². The predicted molar refractivity (Wildman–Crippen MR) is 100 cm³/mol. The van der Waals surface area contributed by atoms with E-state index in [9.17, 15) is 0 Å². The van der Waals surface area contributed by atoms with Crippen LogP contribution in [0.25, 0.3) is 0 Å². The normalized spacial score (nSPS) is 15.9. The highest BCUT2D eigenvalue weighted by Gasteiger charge is 2.21. The molecular weight excluding hydrogens is 328 g/mol. The van der Waals surface area contributed by atoms with Gasteiger partial charge in [-0.15, -0.1) is 0 Å². The summed E-state index contributed by atoms with van der Waals surface area (Å²) in [4.78, 5) is 5.41. The first kappa shape index (κ1) is 18.5. The Morgan fingerprint density at radius 2 is 1.91 bits per heavy atom. The molecule has 0 amide bonds. The summed E-state index contributed by atoms with van der Waals surface area (Å²) in [6, 6.07) is 8.20. The number of nitrogens with zero attached hydrogens (tertiary/aromatic N) is 1. The van der Waals surface area contributed by atoms with E-state index >= 15 is 0 Å². The molecule has 6 heteroatoms. The molecule has 1 saturated heterocycles. The van der Waals surface area contributed by atoms with Crippen LogP contribution < -0.4 is 15.1 Å². The standard InChI is InChI=1S/C17H27ClN4S/c1-20(2)9-3-8-19-17(23)22-12-10-21(11-13-22)14-15-4-6-16(18)7-5-15/h4-7H,3,8-14H2,1-2H3,(H,19,23)/p+2. The van der Waals surface area contributed by atoms with Crippen molar-refractivity contribution >= 4 is 28.9 Å². The van der Waals surface area contributed by atoms with Crippen LogP contribution in [0.3, 0.4) is 0 Å². The average Bonchev–Trinajstić information content (AvgIpc) is 2.54. The first-order valence-corrected chi connectivity index (χ1v) is 9.23. The molecule has 23 heavy (non-hydrogen) atoms. The third kappa shape index (κ3) is 6.63. The lowest BCUT2D eigenvalue weighted by Crippen LogP contribution is -3.13. The van der Waals surface area contributed by atoms with E-state index in [1.807, 2.05) is 12.1 Å². The van der Waals surface area contributed by atoms with Crippen molar-refractivity contribution in [2.24, 2.45) is 0 Å². The van der Waals surface area contributed by atoms with Crippen molar-refractivity contribution in [2.45, 2.75) is 13.0 Å². The van der Waals surface area contributed by atoms with Gasteiger partial charge in [0, 0.05) is 23.6 Å². The Morgan fingerprint density at radius 3 is 2.52 bits per heavy atom. The molecule has 0 bridgehead atoms. The molecular formula is C17H29ClN4S+2. The average molecular weight is 357 g/mol. The SMILES string of the molecule is C[NH+](C)CCCNC(=S)N1CC[NH+](Cc2ccc(Cl)cc2)CC1. The van der Waals surface area contributed by atoms with Gasteiger partial charge in [-0.1, -0.05) is 23.7 Å². The van der Waals surface area contributed by atoms with Crippen molar-refractivity contribution in [3.63, 3.8) is 0 Å². The molecule has 0 spiro atoms. The first-order valence-electron chi connectivity index (χ1n) is 8.44. The second-order valence-electron chi connectivity index (χ2n) is 6.58. The Morgan fingerprint density at radius 1 is 1.26 bits per heavy atom. The van der Waals surface area contributed by atoms with Crippen LogP contribution in [0.5, 0.6) is 0 Å². The smallest absolute Gasteiger partial charge is 0.169 e. The maximum atomic E-state index is 5.94. The van der Waals surface area contributed by atoms with E-state index in [1.54, 1.807) is 4.90 Å². The summed E-state index contributed by atoms with van der Waals surface area (Å²) < 4.78 is 0. The van der Waals surface area contributed by atoms with Gasteiger partial charge in [-0.3, -0.25) is 0 Å². The number of quaternary nitrogens is 2. The zero-order chi connectivity index (χ0) is 16.7. The van der Waals surface area contributed by atoms with Crippen LogP contribution in [0.1, 0.15) is 12.0 Å². The highest BCUT2D eigenvalue weighted by Crippen LogP contribution is 2.08. The molecule has 0 radical (unpaired) electrons. The largest absolute Gasteiger partial charge is 0.362 e. The summed E-state index contributed by atoms with van der Waals surface area (Å²) >= 11 is 11.5. The molecule has 0 aromatic heterocycles. The number of benzene rings is 1. The van der Waals surface area contributed by atoms with E-state index in [-0.39, 0.29) is 0 Å². The molecule has 4 nitrogen and oxygen atoms in total. The van der Waals surface area contributed by atoms with Crippen molar-refractivity contribution < 1.29 is 9.80 Å². The quantitative estimate of drug-likeness (QED) is 0.471. The van der Waals surface area contributed by atoms with E-state index in [2.05, 4.69) is 36.4 Å². The van der Waals surface area contributed by atoms with Crippen LogP contribution >= 0.6 is 23.8 Å². The molecule has 0 atom stereocenters. The Hall–Kier alpha value is -0.880. The van der Waals surface area contributed by atoms with Crippen molar-refractivity contribution in [2.75, 3.05) is 53.4 Å². The lowest BCUT2D eigenvalue weighted by atomic mass is 10.2. The van der Waals surface area contributed by atoms with Crippen LogP contribution in [-0.4, -0.2) is 63.4 Å². The number of rotatable bonds is 6. The summed E-state index contributed by atoms with van der Waals surface area (Å²) in [7, 11) is 4.36. The maximum absolute atomic E-state index is 5.94. The number of hydrogen-bond acceptors (Lipinski definition) is 1. The van der Waals surface area contributed by atoms with Crippen molar-refractivity contribution in [3.8, 4) is 0 Å². The topological polar surface area (TPSA) is 24.2 Å². The van der Waals surface area contributed by atoms with Gasteiger partial charge in [0.25, 0.3) is 0 Å². The molecule has 1 aromatic rings. The van der Waals surface area contributed by atoms with Crippen molar-refractivity contribution in [1.29, 1.82) is 0 Å². The fourth-order valence-electron chi connectivity index (χ4n) is 2.84. The van der Waals surface area contributed by atoms with Crippen LogP contribution in [-0.2, 0) is 6.54 Å². The number of nitrogens with one attached hydrogen (secondary N) is 3. The molecule has 1 aliphatic rings. The molecule has 0 unspecified atom stereocenters. The highest BCUT2D eigenvalue weighted by atomic mass is 35.5. The van der Waals surface area contributed by atoms with Crippen LogP contribution in [0.2, 0.25) is 5.02 Å². The van der Waals surface area contributed by atoms with Gasteiger partial charge < -0.3 is 20.0 Å². The van der Waals surface area contributed by atoms with Crippen LogP contribution in [0.15, 0.2) is 24.3 Å². The summed E-state index contributed by atoms with van der Waals surface area (Å²) in [5, 5.41) is 5.13. The van der Waals surface area contributed by atoms with Gasteiger partial charge in [0.1, 0.15) is 6.54 Å². The summed E-state index contributed by atoms with van der Waals surface area (Å²) in [5.41, 5.74) is 1.35. The molecule has 128 valence electrons. The predicted octanol–water partition coefficient (Wildman–Crippen LogP) is -0.550. The van der Waals surface area contributed by atoms with Gasteiger partial charge in [-0.2, -0.15) is 0 Å². The number of piperazine rings is 1. The Bertz CT molecular complexity index is 484. The van der Waals surface area contributed by atoms with Gasteiger partial charge in [0.15, 0.2) is 5.11 Å². The number of hydrogen-bond donors (Lipinski definition) is 3. The molecule has 1 aliphatic heterocycles. The summed E-state index contributed by atoms with van der Waals surface area (Å²) in [6.07, 6.45) is 1.16. The highest BCUT2D eigenvalue weighted by molar-refractivity contribution is 7.80. The molecule has 0 aliphatic carbocycles. The molecule has 3 N–H and O–H groups in total. The van der Waals surface area contributed by atoms with E-state index in [0.717, 1.165) is 55.8 Å². The molecule has 1 aromatic carbocycles. The molecule has 0 saturated carbocycles. The third-order valence-corrected chi connectivity index (χ3v) is 4.91. The van der Waals surface area contributed by atoms with Crippen LogP contribution in [0, 0.1) is 0 Å². The lowest BCUT2D eigenvalue weighted by molar-refractivity contribution is -0.917. The van der Waals surface area contributed by atoms with Gasteiger partial charge in [0.2, 0.25) is 0 Å². The second kappa shape index (κ2) is 9.42. The fourth-order valence-corrected chi connectivity index (χ4v) is 3.25. The minimum Gasteiger partial charge on any atom is -0.362 e. The minimum atomic E-state index is 0.806. The van der Waals surface area contributed by atoms with E-state index in [1.165, 1.54) is 17.0 Å². The number of thiocarbonyl (C=S) groups is 1. The minimum absolute atomic E-state index is 0.806. The number of halogens is 1. The van der Waals surface area contributed by atoms with Crippen molar-refractivity contribution in [3.05, 3.63) is 34.9 Å². The molecule has 1 fully saturated rings. The van der Waals surface area contributed by atoms with Gasteiger partial charge in [-0.25, -0.2) is 0 Å². The van der Waals surface area contributed by atoms with Gasteiger partial charge >= 0.3 is 0 Å². The van der Waals surface area contributed by atoms with E-state index < -0.39 is 0 Å². The van der Waals surface area contributed by atoms with Crippen molar-refractivity contribution in [1.82, 2.24) is 10.2 Å². The first-order chi connectivity index (χ1) is 11.0. The Labute approximate surface area is 150 Å². The summed E-state index contributed by atoms with van der Waals surface area (Å²) in [5.74, 6) is 0. The third-order valence-electron chi connectivity index (χ3n) is 4.25. The fraction of sp³-hybridized carbons (Fsp3) is 0.588. The zero-order valence-corrected chi connectivity index (χ0v) is 15.8. The monoisotopic (exact) mass is 356 g/mol. The zero-order valence-electron chi connectivity index (χ0n) is 14.2. The van der Waals surface area contributed by atoms with Gasteiger partial charge in [-0.05, 0) is 24.4 Å².